The van der Waals surface area contributed by atoms with E-state index in [0.717, 1.165) is 5.56 Å². The van der Waals surface area contributed by atoms with Crippen molar-refractivity contribution in [2.75, 3.05) is 13.7 Å². The van der Waals surface area contributed by atoms with Crippen LogP contribution in [-0.4, -0.2) is 43.8 Å². The molecule has 0 saturated carbocycles. The second-order valence-electron chi connectivity index (χ2n) is 6.54. The van der Waals surface area contributed by atoms with Gasteiger partial charge in [-0.1, -0.05) is 30.3 Å². The van der Waals surface area contributed by atoms with Gasteiger partial charge in [-0.15, -0.1) is 0 Å². The van der Waals surface area contributed by atoms with Crippen LogP contribution in [-0.2, 0) is 28.5 Å². The third-order valence-corrected chi connectivity index (χ3v) is 4.63. The molecule has 6 heteroatoms. The van der Waals surface area contributed by atoms with Gasteiger partial charge in [-0.3, -0.25) is 9.59 Å². The topological polar surface area (TPSA) is 71.1 Å². The zero-order chi connectivity index (χ0) is 17.3. The van der Waals surface area contributed by atoms with Crippen molar-refractivity contribution >= 4 is 11.6 Å². The van der Waals surface area contributed by atoms with Crippen LogP contribution in [0, 0.1) is 5.41 Å². The average Bonchev–Trinajstić information content (AvgIpc) is 2.58. The SMILES string of the molecule is CO[C@H]1O[C@@H]2CO[C@@H](c3ccccc3)O[C@H]2[C@](C)(CC(C)=O)C1=O. The van der Waals surface area contributed by atoms with E-state index in [1.54, 1.807) is 6.92 Å². The predicted molar refractivity (Wildman–Crippen MR) is 84.1 cm³/mol. The van der Waals surface area contributed by atoms with E-state index in [1.165, 1.54) is 14.0 Å². The van der Waals surface area contributed by atoms with E-state index in [1.807, 2.05) is 30.3 Å². The summed E-state index contributed by atoms with van der Waals surface area (Å²) in [5.74, 6) is -0.345. The summed E-state index contributed by atoms with van der Waals surface area (Å²) >= 11 is 0. The fourth-order valence-corrected chi connectivity index (χ4v) is 3.48. The van der Waals surface area contributed by atoms with Crippen molar-refractivity contribution in [1.29, 1.82) is 0 Å². The maximum absolute atomic E-state index is 12.8. The van der Waals surface area contributed by atoms with Crippen molar-refractivity contribution in [1.82, 2.24) is 0 Å². The van der Waals surface area contributed by atoms with Gasteiger partial charge in [0, 0.05) is 19.1 Å². The number of benzene rings is 1. The number of ether oxygens (including phenoxy) is 4. The van der Waals surface area contributed by atoms with Crippen molar-refractivity contribution in [3.05, 3.63) is 35.9 Å². The molecule has 3 rings (SSSR count). The second-order valence-corrected chi connectivity index (χ2v) is 6.54. The van der Waals surface area contributed by atoms with Gasteiger partial charge < -0.3 is 18.9 Å². The molecular formula is C18H22O6. The fourth-order valence-electron chi connectivity index (χ4n) is 3.48. The van der Waals surface area contributed by atoms with Crippen LogP contribution in [0.15, 0.2) is 30.3 Å². The molecule has 2 aliphatic rings. The number of hydrogen-bond donors (Lipinski definition) is 0. The van der Waals surface area contributed by atoms with E-state index < -0.39 is 30.2 Å². The molecule has 0 unspecified atom stereocenters. The quantitative estimate of drug-likeness (QED) is 0.839. The molecule has 24 heavy (non-hydrogen) atoms. The summed E-state index contributed by atoms with van der Waals surface area (Å²) in [4.78, 5) is 24.6. The number of Topliss-reactive ketones (excluding diaryl/α,β-unsaturated/α-hetero) is 2. The third kappa shape index (κ3) is 3.02. The van der Waals surface area contributed by atoms with Gasteiger partial charge in [0.2, 0.25) is 6.29 Å². The zero-order valence-corrected chi connectivity index (χ0v) is 14.1. The number of carbonyl (C=O) groups is 2. The first kappa shape index (κ1) is 17.2. The number of carbonyl (C=O) groups excluding carboxylic acids is 2. The molecule has 6 nitrogen and oxygen atoms in total. The first-order valence-electron chi connectivity index (χ1n) is 7.99. The van der Waals surface area contributed by atoms with Gasteiger partial charge in [0.1, 0.15) is 18.0 Å². The Morgan fingerprint density at radius 3 is 2.62 bits per heavy atom. The van der Waals surface area contributed by atoms with Crippen LogP contribution in [0.4, 0.5) is 0 Å². The lowest BCUT2D eigenvalue weighted by Crippen LogP contribution is -2.63. The Kier molecular flexibility index (Phi) is 4.83. The van der Waals surface area contributed by atoms with Crippen LogP contribution >= 0.6 is 0 Å². The van der Waals surface area contributed by atoms with Crippen molar-refractivity contribution < 1.29 is 28.5 Å². The predicted octanol–water partition coefficient (Wildman–Crippen LogP) is 2.03. The molecule has 2 heterocycles. The Labute approximate surface area is 141 Å². The summed E-state index contributed by atoms with van der Waals surface area (Å²) < 4.78 is 22.7. The molecular weight excluding hydrogens is 312 g/mol. The van der Waals surface area contributed by atoms with Gasteiger partial charge in [-0.25, -0.2) is 0 Å². The minimum atomic E-state index is -1.01. The Morgan fingerprint density at radius 1 is 1.29 bits per heavy atom. The number of ketones is 2. The van der Waals surface area contributed by atoms with Crippen LogP contribution < -0.4 is 0 Å². The first-order valence-corrected chi connectivity index (χ1v) is 7.99. The van der Waals surface area contributed by atoms with Crippen LogP contribution in [0.3, 0.4) is 0 Å². The van der Waals surface area contributed by atoms with Gasteiger partial charge >= 0.3 is 0 Å². The molecule has 0 aliphatic carbocycles. The zero-order valence-electron chi connectivity index (χ0n) is 14.1. The number of methoxy groups -OCH3 is 1. The number of rotatable bonds is 4. The van der Waals surface area contributed by atoms with Crippen LogP contribution in [0.1, 0.15) is 32.1 Å². The van der Waals surface area contributed by atoms with E-state index in [4.69, 9.17) is 18.9 Å². The molecule has 0 radical (unpaired) electrons. The van der Waals surface area contributed by atoms with Gasteiger partial charge in [-0.2, -0.15) is 0 Å². The summed E-state index contributed by atoms with van der Waals surface area (Å²) in [6.45, 7) is 3.49. The largest absolute Gasteiger partial charge is 0.349 e. The Hall–Kier alpha value is -1.60. The molecule has 0 amide bonds. The second kappa shape index (κ2) is 6.72. The van der Waals surface area contributed by atoms with Crippen LogP contribution in [0.5, 0.6) is 0 Å². The normalized spacial score (nSPS) is 36.2. The first-order chi connectivity index (χ1) is 11.5. The monoisotopic (exact) mass is 334 g/mol. The molecule has 5 atom stereocenters. The minimum Gasteiger partial charge on any atom is -0.349 e. The van der Waals surface area contributed by atoms with E-state index in [-0.39, 0.29) is 24.6 Å². The molecule has 130 valence electrons. The van der Waals surface area contributed by atoms with E-state index >= 15 is 0 Å². The molecule has 1 aromatic rings. The lowest BCUT2D eigenvalue weighted by molar-refractivity contribution is -0.324. The maximum atomic E-state index is 12.8. The molecule has 0 bridgehead atoms. The summed E-state index contributed by atoms with van der Waals surface area (Å²) in [5, 5.41) is 0. The summed E-state index contributed by atoms with van der Waals surface area (Å²) in [6, 6.07) is 9.50. The Bertz CT molecular complexity index is 615. The highest BCUT2D eigenvalue weighted by atomic mass is 16.7. The molecule has 0 aromatic heterocycles. The summed E-state index contributed by atoms with van der Waals surface area (Å²) in [7, 11) is 1.41. The molecule has 2 saturated heterocycles. The molecule has 2 fully saturated rings. The van der Waals surface area contributed by atoms with Gasteiger partial charge in [0.05, 0.1) is 12.0 Å². The fraction of sp³-hybridized carbons (Fsp3) is 0.556. The van der Waals surface area contributed by atoms with Gasteiger partial charge in [0.25, 0.3) is 0 Å². The smallest absolute Gasteiger partial charge is 0.218 e. The molecule has 0 spiro atoms. The highest BCUT2D eigenvalue weighted by molar-refractivity contribution is 5.93. The van der Waals surface area contributed by atoms with Crippen LogP contribution in [0.2, 0.25) is 0 Å². The van der Waals surface area contributed by atoms with Crippen molar-refractivity contribution in [3.8, 4) is 0 Å². The van der Waals surface area contributed by atoms with Crippen molar-refractivity contribution in [2.24, 2.45) is 5.41 Å². The number of hydrogen-bond acceptors (Lipinski definition) is 6. The number of fused-ring (bicyclic) bond motifs is 1. The average molecular weight is 334 g/mol. The summed E-state index contributed by atoms with van der Waals surface area (Å²) in [6.07, 6.45) is -2.54. The molecule has 2 aliphatic heterocycles. The van der Waals surface area contributed by atoms with E-state index in [0.29, 0.717) is 0 Å². The van der Waals surface area contributed by atoms with Gasteiger partial charge in [0.15, 0.2) is 12.1 Å². The third-order valence-electron chi connectivity index (χ3n) is 4.63. The maximum Gasteiger partial charge on any atom is 0.218 e. The Morgan fingerprint density at radius 2 is 2.00 bits per heavy atom. The molecule has 1 aromatic carbocycles. The highest BCUT2D eigenvalue weighted by Gasteiger charge is 2.57. The highest BCUT2D eigenvalue weighted by Crippen LogP contribution is 2.44. The van der Waals surface area contributed by atoms with Gasteiger partial charge in [-0.05, 0) is 13.8 Å². The van der Waals surface area contributed by atoms with Crippen LogP contribution in [0.25, 0.3) is 0 Å². The lowest BCUT2D eigenvalue weighted by atomic mass is 9.71. The molecule has 0 N–H and O–H groups in total. The lowest BCUT2D eigenvalue weighted by Gasteiger charge is -2.49. The Balaban J connectivity index is 1.90. The minimum absolute atomic E-state index is 0.0762. The summed E-state index contributed by atoms with van der Waals surface area (Å²) in [5.41, 5.74) is -0.144. The van der Waals surface area contributed by atoms with Crippen molar-refractivity contribution in [2.45, 2.75) is 45.1 Å². The standard InChI is InChI=1S/C18H22O6/c1-11(19)9-18(2)14(20)17(21-3)23-13-10-22-16(24-15(13)18)12-7-5-4-6-8-12/h4-8,13,15-17H,9-10H2,1-3H3/t13-,15-,16-,17+,18-/m1/s1. The van der Waals surface area contributed by atoms with E-state index in [9.17, 15) is 9.59 Å². The van der Waals surface area contributed by atoms with Crippen molar-refractivity contribution in [3.63, 3.8) is 0 Å². The van der Waals surface area contributed by atoms with E-state index in [2.05, 4.69) is 0 Å².